The molecular weight excluding hydrogens is 284 g/mol. The Kier molecular flexibility index (Phi) is 4.47. The third-order valence-electron chi connectivity index (χ3n) is 4.26. The second-order valence-electron chi connectivity index (χ2n) is 6.83. The fourth-order valence-corrected chi connectivity index (χ4v) is 4.83. The summed E-state index contributed by atoms with van der Waals surface area (Å²) in [5.41, 5.74) is 3.07. The van der Waals surface area contributed by atoms with Crippen molar-refractivity contribution in [3.63, 3.8) is 0 Å². The molecule has 0 aliphatic carbocycles. The highest BCUT2D eigenvalue weighted by Gasteiger charge is 2.37. The van der Waals surface area contributed by atoms with Crippen LogP contribution in [0.2, 0.25) is 0 Å². The van der Waals surface area contributed by atoms with Crippen molar-refractivity contribution in [2.45, 2.75) is 45.6 Å². The third-order valence-corrected chi connectivity index (χ3v) is 6.25. The predicted octanol–water partition coefficient (Wildman–Crippen LogP) is 2.44. The summed E-state index contributed by atoms with van der Waals surface area (Å²) >= 11 is 0. The van der Waals surface area contributed by atoms with Crippen molar-refractivity contribution in [3.05, 3.63) is 28.8 Å². The minimum absolute atomic E-state index is 0.0689. The van der Waals surface area contributed by atoms with E-state index in [2.05, 4.69) is 19.2 Å². The molecule has 1 fully saturated rings. The molecule has 0 spiro atoms. The van der Waals surface area contributed by atoms with Gasteiger partial charge in [0.05, 0.1) is 4.90 Å². The minimum atomic E-state index is -3.39. The quantitative estimate of drug-likeness (QED) is 0.929. The average molecular weight is 310 g/mol. The summed E-state index contributed by atoms with van der Waals surface area (Å²) in [4.78, 5) is 0.455. The molecule has 1 aliphatic heterocycles. The van der Waals surface area contributed by atoms with E-state index in [4.69, 9.17) is 0 Å². The first-order valence-corrected chi connectivity index (χ1v) is 8.86. The molecule has 1 saturated heterocycles. The van der Waals surface area contributed by atoms with Gasteiger partial charge >= 0.3 is 0 Å². The van der Waals surface area contributed by atoms with E-state index in [0.717, 1.165) is 23.1 Å². The van der Waals surface area contributed by atoms with Crippen LogP contribution in [0.1, 0.15) is 37.0 Å². The Morgan fingerprint density at radius 3 is 2.43 bits per heavy atom. The number of nitrogens with one attached hydrogen (secondary N) is 1. The predicted molar refractivity (Wildman–Crippen MR) is 85.8 cm³/mol. The summed E-state index contributed by atoms with van der Waals surface area (Å²) in [6.45, 7) is 10.0. The first kappa shape index (κ1) is 16.5. The molecule has 2 rings (SSSR count). The molecule has 1 aromatic rings. The third kappa shape index (κ3) is 3.30. The fraction of sp³-hybridized carbons (Fsp3) is 0.625. The van der Waals surface area contributed by atoms with Crippen molar-refractivity contribution in [2.24, 2.45) is 5.41 Å². The molecule has 0 unspecified atom stereocenters. The summed E-state index contributed by atoms with van der Waals surface area (Å²) < 4.78 is 27.5. The second-order valence-corrected chi connectivity index (χ2v) is 8.73. The lowest BCUT2D eigenvalue weighted by Crippen LogP contribution is -2.31. The van der Waals surface area contributed by atoms with Crippen LogP contribution in [-0.2, 0) is 16.6 Å². The van der Waals surface area contributed by atoms with Gasteiger partial charge in [-0.3, -0.25) is 0 Å². The normalized spacial score (nSPS) is 19.1. The van der Waals surface area contributed by atoms with Crippen molar-refractivity contribution in [1.82, 2.24) is 9.62 Å². The van der Waals surface area contributed by atoms with Crippen LogP contribution in [0.25, 0.3) is 0 Å². The Morgan fingerprint density at radius 2 is 1.90 bits per heavy atom. The molecule has 0 amide bonds. The van der Waals surface area contributed by atoms with Gasteiger partial charge in [-0.1, -0.05) is 19.9 Å². The summed E-state index contributed by atoms with van der Waals surface area (Å²) in [5, 5.41) is 3.10. The summed E-state index contributed by atoms with van der Waals surface area (Å²) in [7, 11) is -1.52. The molecule has 1 heterocycles. The number of aryl methyl sites for hydroxylation is 2. The van der Waals surface area contributed by atoms with Crippen LogP contribution in [0.3, 0.4) is 0 Å². The molecule has 0 aromatic heterocycles. The van der Waals surface area contributed by atoms with E-state index in [9.17, 15) is 8.42 Å². The number of rotatable bonds is 4. The van der Waals surface area contributed by atoms with Crippen molar-refractivity contribution < 1.29 is 8.42 Å². The molecule has 1 aliphatic rings. The lowest BCUT2D eigenvalue weighted by atomic mass is 9.93. The van der Waals surface area contributed by atoms with Gasteiger partial charge < -0.3 is 5.32 Å². The maximum absolute atomic E-state index is 12.9. The smallest absolute Gasteiger partial charge is 0.243 e. The molecule has 21 heavy (non-hydrogen) atoms. The number of hydrogen-bond donors (Lipinski definition) is 1. The lowest BCUT2D eigenvalue weighted by molar-refractivity contribution is 0.375. The van der Waals surface area contributed by atoms with E-state index in [1.165, 1.54) is 0 Å². The first-order valence-electron chi connectivity index (χ1n) is 7.42. The van der Waals surface area contributed by atoms with Crippen molar-refractivity contribution in [3.8, 4) is 0 Å². The van der Waals surface area contributed by atoms with Crippen LogP contribution in [-0.4, -0.2) is 32.9 Å². The molecular formula is C16H26N2O2S. The topological polar surface area (TPSA) is 49.4 Å². The summed E-state index contributed by atoms with van der Waals surface area (Å²) in [6, 6.07) is 3.81. The molecule has 118 valence electrons. The van der Waals surface area contributed by atoms with Gasteiger partial charge in [0, 0.05) is 19.6 Å². The molecule has 5 heteroatoms. The highest BCUT2D eigenvalue weighted by molar-refractivity contribution is 7.89. The average Bonchev–Trinajstić information content (AvgIpc) is 2.73. The lowest BCUT2D eigenvalue weighted by Gasteiger charge is -2.21. The van der Waals surface area contributed by atoms with E-state index in [1.54, 1.807) is 4.31 Å². The van der Waals surface area contributed by atoms with E-state index in [-0.39, 0.29) is 5.41 Å². The van der Waals surface area contributed by atoms with Crippen LogP contribution in [0.4, 0.5) is 0 Å². The largest absolute Gasteiger partial charge is 0.316 e. The van der Waals surface area contributed by atoms with Crippen LogP contribution >= 0.6 is 0 Å². The molecule has 0 radical (unpaired) electrons. The van der Waals surface area contributed by atoms with E-state index in [1.807, 2.05) is 33.0 Å². The van der Waals surface area contributed by atoms with Gasteiger partial charge in [0.1, 0.15) is 0 Å². The number of benzene rings is 1. The monoisotopic (exact) mass is 310 g/mol. The number of nitrogens with zero attached hydrogens (tertiary/aromatic N) is 1. The maximum atomic E-state index is 12.9. The Labute approximate surface area is 128 Å². The first-order chi connectivity index (χ1) is 9.67. The van der Waals surface area contributed by atoms with E-state index < -0.39 is 10.0 Å². The Hall–Kier alpha value is -0.910. The Morgan fingerprint density at radius 1 is 1.24 bits per heavy atom. The van der Waals surface area contributed by atoms with Gasteiger partial charge in [0.25, 0.3) is 0 Å². The number of sulfonamides is 1. The summed E-state index contributed by atoms with van der Waals surface area (Å²) in [5.74, 6) is 0. The maximum Gasteiger partial charge on any atom is 0.243 e. The standard InChI is InChI=1S/C16H26N2O2S/c1-12-8-13(2)15(9-14(12)10-17-5)21(19,20)18-7-6-16(3,4)11-18/h8-9,17H,6-7,10-11H2,1-5H3. The highest BCUT2D eigenvalue weighted by atomic mass is 32.2. The van der Waals surface area contributed by atoms with Gasteiger partial charge in [-0.15, -0.1) is 0 Å². The Balaban J connectivity index is 2.43. The molecule has 0 bridgehead atoms. The fourth-order valence-electron chi connectivity index (χ4n) is 2.94. The molecule has 0 saturated carbocycles. The summed E-state index contributed by atoms with van der Waals surface area (Å²) in [6.07, 6.45) is 0.917. The van der Waals surface area contributed by atoms with Crippen molar-refractivity contribution >= 4 is 10.0 Å². The van der Waals surface area contributed by atoms with Crippen molar-refractivity contribution in [1.29, 1.82) is 0 Å². The highest BCUT2D eigenvalue weighted by Crippen LogP contribution is 2.34. The van der Waals surface area contributed by atoms with Crippen molar-refractivity contribution in [2.75, 3.05) is 20.1 Å². The van der Waals surface area contributed by atoms with Gasteiger partial charge in [-0.05, 0) is 55.5 Å². The SMILES string of the molecule is CNCc1cc(S(=O)(=O)N2CCC(C)(C)C2)c(C)cc1C. The minimum Gasteiger partial charge on any atom is -0.316 e. The van der Waals surface area contributed by atoms with Crippen LogP contribution in [0.5, 0.6) is 0 Å². The zero-order valence-electron chi connectivity index (χ0n) is 13.7. The van der Waals surface area contributed by atoms with Crippen LogP contribution in [0.15, 0.2) is 17.0 Å². The molecule has 1 N–H and O–H groups in total. The van der Waals surface area contributed by atoms with Gasteiger partial charge in [0.2, 0.25) is 10.0 Å². The zero-order chi connectivity index (χ0) is 15.8. The zero-order valence-corrected chi connectivity index (χ0v) is 14.5. The Bertz CT molecular complexity index is 636. The molecule has 1 aromatic carbocycles. The van der Waals surface area contributed by atoms with E-state index >= 15 is 0 Å². The molecule has 0 atom stereocenters. The van der Waals surface area contributed by atoms with E-state index in [0.29, 0.717) is 24.5 Å². The van der Waals surface area contributed by atoms with Crippen LogP contribution < -0.4 is 5.32 Å². The van der Waals surface area contributed by atoms with Gasteiger partial charge in [0.15, 0.2) is 0 Å². The van der Waals surface area contributed by atoms with Gasteiger partial charge in [-0.2, -0.15) is 4.31 Å². The second kappa shape index (κ2) is 5.71. The molecule has 4 nitrogen and oxygen atoms in total. The van der Waals surface area contributed by atoms with Crippen LogP contribution in [0, 0.1) is 19.3 Å². The van der Waals surface area contributed by atoms with Gasteiger partial charge in [-0.25, -0.2) is 8.42 Å². The number of hydrogen-bond acceptors (Lipinski definition) is 3.